The van der Waals surface area contributed by atoms with Crippen molar-refractivity contribution in [1.29, 1.82) is 0 Å². The summed E-state index contributed by atoms with van der Waals surface area (Å²) < 4.78 is 0. The van der Waals surface area contributed by atoms with Crippen LogP contribution in [0, 0.1) is 0 Å². The summed E-state index contributed by atoms with van der Waals surface area (Å²) in [7, 11) is 0. The Balaban J connectivity index is 1.60. The summed E-state index contributed by atoms with van der Waals surface area (Å²) in [5.41, 5.74) is 3.82. The summed E-state index contributed by atoms with van der Waals surface area (Å²) in [5.74, 6) is -0.209. The fraction of sp³-hybridized carbons (Fsp3) is 0.259. The lowest BCUT2D eigenvalue weighted by Gasteiger charge is -2.19. The molecule has 0 saturated heterocycles. The molecular formula is C27H32N4O2. The molecule has 1 unspecified atom stereocenters. The standard InChI is InChI=1S/C27H32N4O2/c1-20(2)28-17-18-29-26(32)25(19-21-9-5-3-6-10-21)31-27(33)30-24-15-13-23(14-16-24)22-11-7-4-8-12-22/h3-16,20,25,28H,17-19H2,1-2H3,(H,29,32)(H2,30,31,33). The zero-order valence-electron chi connectivity index (χ0n) is 19.2. The first-order valence-corrected chi connectivity index (χ1v) is 11.3. The monoisotopic (exact) mass is 444 g/mol. The highest BCUT2D eigenvalue weighted by molar-refractivity contribution is 5.94. The molecule has 3 amide bonds. The number of anilines is 1. The maximum atomic E-state index is 12.8. The normalized spacial score (nSPS) is 11.6. The lowest BCUT2D eigenvalue weighted by atomic mass is 10.1. The molecule has 0 heterocycles. The van der Waals surface area contributed by atoms with Crippen LogP contribution in [0.5, 0.6) is 0 Å². The number of hydrogen-bond acceptors (Lipinski definition) is 3. The van der Waals surface area contributed by atoms with E-state index in [-0.39, 0.29) is 5.91 Å². The molecule has 0 fully saturated rings. The van der Waals surface area contributed by atoms with Crippen molar-refractivity contribution in [1.82, 2.24) is 16.0 Å². The van der Waals surface area contributed by atoms with E-state index in [1.165, 1.54) is 0 Å². The molecule has 0 radical (unpaired) electrons. The molecule has 3 aromatic carbocycles. The van der Waals surface area contributed by atoms with Crippen LogP contribution in [0.2, 0.25) is 0 Å². The van der Waals surface area contributed by atoms with E-state index in [1.807, 2.05) is 84.9 Å². The van der Waals surface area contributed by atoms with Crippen molar-refractivity contribution in [2.75, 3.05) is 18.4 Å². The van der Waals surface area contributed by atoms with E-state index in [9.17, 15) is 9.59 Å². The maximum absolute atomic E-state index is 12.8. The minimum absolute atomic E-state index is 0.209. The second-order valence-corrected chi connectivity index (χ2v) is 8.18. The number of urea groups is 1. The summed E-state index contributed by atoms with van der Waals surface area (Å²) >= 11 is 0. The van der Waals surface area contributed by atoms with Crippen molar-refractivity contribution in [3.8, 4) is 11.1 Å². The molecule has 0 spiro atoms. The van der Waals surface area contributed by atoms with Crippen LogP contribution in [0.3, 0.4) is 0 Å². The third-order valence-corrected chi connectivity index (χ3v) is 5.13. The molecule has 0 saturated carbocycles. The molecule has 3 rings (SSSR count). The van der Waals surface area contributed by atoms with E-state index in [1.54, 1.807) is 0 Å². The molecule has 6 nitrogen and oxygen atoms in total. The van der Waals surface area contributed by atoms with Gasteiger partial charge in [0.25, 0.3) is 0 Å². The lowest BCUT2D eigenvalue weighted by Crippen LogP contribution is -2.50. The molecule has 4 N–H and O–H groups in total. The van der Waals surface area contributed by atoms with E-state index in [0.29, 0.717) is 31.2 Å². The Labute approximate surface area is 195 Å². The number of nitrogens with one attached hydrogen (secondary N) is 4. The van der Waals surface area contributed by atoms with Gasteiger partial charge in [-0.1, -0.05) is 86.6 Å². The van der Waals surface area contributed by atoms with E-state index in [0.717, 1.165) is 16.7 Å². The Kier molecular flexibility index (Phi) is 9.03. The quantitative estimate of drug-likeness (QED) is 0.354. The van der Waals surface area contributed by atoms with Crippen molar-refractivity contribution in [3.63, 3.8) is 0 Å². The van der Waals surface area contributed by atoms with E-state index >= 15 is 0 Å². The SMILES string of the molecule is CC(C)NCCNC(=O)C(Cc1ccccc1)NC(=O)Nc1ccc(-c2ccccc2)cc1. The van der Waals surface area contributed by atoms with Crippen LogP contribution < -0.4 is 21.3 Å². The highest BCUT2D eigenvalue weighted by atomic mass is 16.2. The van der Waals surface area contributed by atoms with E-state index < -0.39 is 12.1 Å². The number of carbonyl (C=O) groups excluding carboxylic acids is 2. The second kappa shape index (κ2) is 12.4. The van der Waals surface area contributed by atoms with Gasteiger partial charge in [0.15, 0.2) is 0 Å². The van der Waals surface area contributed by atoms with Gasteiger partial charge in [0.1, 0.15) is 6.04 Å². The predicted octanol–water partition coefficient (Wildman–Crippen LogP) is 4.20. The van der Waals surface area contributed by atoms with Gasteiger partial charge in [0.2, 0.25) is 5.91 Å². The van der Waals surface area contributed by atoms with Crippen LogP contribution >= 0.6 is 0 Å². The van der Waals surface area contributed by atoms with Crippen molar-refractivity contribution >= 4 is 17.6 Å². The van der Waals surface area contributed by atoms with Gasteiger partial charge in [-0.05, 0) is 28.8 Å². The van der Waals surface area contributed by atoms with Crippen LogP contribution in [-0.2, 0) is 11.2 Å². The third-order valence-electron chi connectivity index (χ3n) is 5.13. The number of benzene rings is 3. The van der Waals surface area contributed by atoms with Crippen LogP contribution in [0.15, 0.2) is 84.9 Å². The minimum Gasteiger partial charge on any atom is -0.353 e. The van der Waals surface area contributed by atoms with Crippen molar-refractivity contribution in [2.45, 2.75) is 32.4 Å². The van der Waals surface area contributed by atoms with Crippen LogP contribution in [0.1, 0.15) is 19.4 Å². The molecular weight excluding hydrogens is 412 g/mol. The molecule has 6 heteroatoms. The fourth-order valence-electron chi connectivity index (χ4n) is 3.43. The van der Waals surface area contributed by atoms with Crippen molar-refractivity contribution < 1.29 is 9.59 Å². The van der Waals surface area contributed by atoms with Crippen LogP contribution in [0.25, 0.3) is 11.1 Å². The molecule has 3 aromatic rings. The Hall–Kier alpha value is -3.64. The van der Waals surface area contributed by atoms with E-state index in [4.69, 9.17) is 0 Å². The average molecular weight is 445 g/mol. The molecule has 1 atom stereocenters. The highest BCUT2D eigenvalue weighted by Gasteiger charge is 2.21. The number of hydrogen-bond donors (Lipinski definition) is 4. The Morgan fingerprint density at radius 3 is 2.00 bits per heavy atom. The number of carbonyl (C=O) groups is 2. The first kappa shape index (κ1) is 24.0. The molecule has 0 aromatic heterocycles. The molecule has 33 heavy (non-hydrogen) atoms. The summed E-state index contributed by atoms with van der Waals surface area (Å²) in [5, 5.41) is 11.8. The van der Waals surface area contributed by atoms with Crippen molar-refractivity contribution in [2.24, 2.45) is 0 Å². The zero-order chi connectivity index (χ0) is 23.5. The number of amides is 3. The highest BCUT2D eigenvalue weighted by Crippen LogP contribution is 2.21. The summed E-state index contributed by atoms with van der Waals surface area (Å²) in [6.07, 6.45) is 0.407. The van der Waals surface area contributed by atoms with Crippen molar-refractivity contribution in [3.05, 3.63) is 90.5 Å². The van der Waals surface area contributed by atoms with Gasteiger partial charge in [-0.2, -0.15) is 0 Å². The van der Waals surface area contributed by atoms with Gasteiger partial charge >= 0.3 is 6.03 Å². The Morgan fingerprint density at radius 2 is 1.36 bits per heavy atom. The van der Waals surface area contributed by atoms with Gasteiger partial charge in [-0.15, -0.1) is 0 Å². The third kappa shape index (κ3) is 8.09. The van der Waals surface area contributed by atoms with Crippen LogP contribution in [-0.4, -0.2) is 37.1 Å². The summed E-state index contributed by atoms with van der Waals surface area (Å²) in [4.78, 5) is 25.5. The smallest absolute Gasteiger partial charge is 0.319 e. The van der Waals surface area contributed by atoms with E-state index in [2.05, 4.69) is 35.1 Å². The molecule has 0 aliphatic rings. The van der Waals surface area contributed by atoms with Gasteiger partial charge in [0.05, 0.1) is 0 Å². The van der Waals surface area contributed by atoms with Crippen LogP contribution in [0.4, 0.5) is 10.5 Å². The van der Waals surface area contributed by atoms with Gasteiger partial charge in [-0.3, -0.25) is 4.79 Å². The number of rotatable bonds is 10. The molecule has 0 aliphatic carbocycles. The summed E-state index contributed by atoms with van der Waals surface area (Å²) in [6, 6.07) is 26.6. The second-order valence-electron chi connectivity index (χ2n) is 8.18. The lowest BCUT2D eigenvalue weighted by molar-refractivity contribution is -0.122. The van der Waals surface area contributed by atoms with Gasteiger partial charge in [-0.25, -0.2) is 4.79 Å². The zero-order valence-corrected chi connectivity index (χ0v) is 19.2. The first-order valence-electron chi connectivity index (χ1n) is 11.3. The Bertz CT molecular complexity index is 1010. The Morgan fingerprint density at radius 1 is 0.758 bits per heavy atom. The average Bonchev–Trinajstić information content (AvgIpc) is 2.83. The molecule has 0 aliphatic heterocycles. The maximum Gasteiger partial charge on any atom is 0.319 e. The topological polar surface area (TPSA) is 82.3 Å². The first-order chi connectivity index (χ1) is 16.0. The minimum atomic E-state index is -0.685. The summed E-state index contributed by atoms with van der Waals surface area (Å²) in [6.45, 7) is 5.27. The van der Waals surface area contributed by atoms with Gasteiger partial charge in [0, 0.05) is 31.2 Å². The molecule has 172 valence electrons. The largest absolute Gasteiger partial charge is 0.353 e. The van der Waals surface area contributed by atoms with Gasteiger partial charge < -0.3 is 21.3 Å². The molecule has 0 bridgehead atoms. The fourth-order valence-corrected chi connectivity index (χ4v) is 3.43. The predicted molar refractivity (Wildman–Crippen MR) is 134 cm³/mol.